The lowest BCUT2D eigenvalue weighted by Crippen LogP contribution is -2.36. The van der Waals surface area contributed by atoms with E-state index in [0.29, 0.717) is 31.8 Å². The van der Waals surface area contributed by atoms with Crippen molar-refractivity contribution in [2.24, 2.45) is 0 Å². The van der Waals surface area contributed by atoms with E-state index in [-0.39, 0.29) is 18.4 Å². The lowest BCUT2D eigenvalue weighted by Gasteiger charge is -2.06. The van der Waals surface area contributed by atoms with E-state index >= 15 is 0 Å². The number of hydrogen-bond acceptors (Lipinski definition) is 3. The summed E-state index contributed by atoms with van der Waals surface area (Å²) >= 11 is 5.43. The summed E-state index contributed by atoms with van der Waals surface area (Å²) in [5.41, 5.74) is 0. The predicted molar refractivity (Wildman–Crippen MR) is 57.8 cm³/mol. The van der Waals surface area contributed by atoms with E-state index in [9.17, 15) is 9.59 Å². The molecule has 0 aliphatic heterocycles. The molecule has 5 nitrogen and oxygen atoms in total. The lowest BCUT2D eigenvalue weighted by atomic mass is 10.3. The molecular weight excluding hydrogens is 220 g/mol. The molecular formula is C9H17ClN2O3. The van der Waals surface area contributed by atoms with Crippen LogP contribution in [0.4, 0.5) is 0 Å². The van der Waals surface area contributed by atoms with Gasteiger partial charge in [0, 0.05) is 32.5 Å². The Balaban J connectivity index is 3.30. The minimum atomic E-state index is -0.187. The molecule has 2 amide bonds. The van der Waals surface area contributed by atoms with Gasteiger partial charge < -0.3 is 15.4 Å². The zero-order chi connectivity index (χ0) is 11.5. The van der Waals surface area contributed by atoms with E-state index in [1.165, 1.54) is 7.11 Å². The standard InChI is InChI=1S/C9H17ClN2O3/c1-15-7-9(14)12-6-5-11-8(13)3-2-4-10/h2-7H2,1H3,(H,11,13)(H,12,14). The summed E-state index contributed by atoms with van der Waals surface area (Å²) in [6, 6.07) is 0. The number of carbonyl (C=O) groups is 2. The van der Waals surface area contributed by atoms with Crippen molar-refractivity contribution >= 4 is 23.4 Å². The summed E-state index contributed by atoms with van der Waals surface area (Å²) in [6.45, 7) is 0.881. The molecule has 0 aromatic rings. The van der Waals surface area contributed by atoms with Gasteiger partial charge in [-0.3, -0.25) is 9.59 Å². The molecule has 0 spiro atoms. The molecule has 0 rings (SSSR count). The van der Waals surface area contributed by atoms with E-state index in [0.717, 1.165) is 0 Å². The number of hydrogen-bond donors (Lipinski definition) is 2. The fourth-order valence-electron chi connectivity index (χ4n) is 0.902. The van der Waals surface area contributed by atoms with Crippen LogP contribution in [0.15, 0.2) is 0 Å². The third-order valence-electron chi connectivity index (χ3n) is 1.58. The van der Waals surface area contributed by atoms with Crippen LogP contribution in [0.3, 0.4) is 0 Å². The zero-order valence-electron chi connectivity index (χ0n) is 8.85. The predicted octanol–water partition coefficient (Wildman–Crippen LogP) is -0.116. The molecule has 0 saturated heterocycles. The van der Waals surface area contributed by atoms with Crippen LogP contribution in [-0.4, -0.2) is 44.5 Å². The Bertz CT molecular complexity index is 200. The van der Waals surface area contributed by atoms with Gasteiger partial charge in [0.2, 0.25) is 11.8 Å². The van der Waals surface area contributed by atoms with Crippen LogP contribution in [0.1, 0.15) is 12.8 Å². The molecule has 6 heteroatoms. The van der Waals surface area contributed by atoms with Crippen molar-refractivity contribution in [3.63, 3.8) is 0 Å². The number of alkyl halides is 1. The summed E-state index contributed by atoms with van der Waals surface area (Å²) in [5, 5.41) is 5.25. The molecule has 0 saturated carbocycles. The number of methoxy groups -OCH3 is 1. The Morgan fingerprint density at radius 1 is 1.20 bits per heavy atom. The molecule has 0 aromatic carbocycles. The van der Waals surface area contributed by atoms with E-state index in [1.807, 2.05) is 0 Å². The summed E-state index contributed by atoms with van der Waals surface area (Å²) < 4.78 is 4.62. The molecule has 15 heavy (non-hydrogen) atoms. The second-order valence-electron chi connectivity index (χ2n) is 2.93. The van der Waals surface area contributed by atoms with Crippen molar-refractivity contribution in [1.82, 2.24) is 10.6 Å². The Kier molecular flexibility index (Phi) is 9.21. The van der Waals surface area contributed by atoms with Crippen molar-refractivity contribution in [3.8, 4) is 0 Å². The van der Waals surface area contributed by atoms with Crippen molar-refractivity contribution in [3.05, 3.63) is 0 Å². The minimum absolute atomic E-state index is 0.0419. The Hall–Kier alpha value is -0.810. The topological polar surface area (TPSA) is 67.4 Å². The first-order chi connectivity index (χ1) is 7.20. The van der Waals surface area contributed by atoms with Crippen molar-refractivity contribution in [2.75, 3.05) is 32.7 Å². The molecule has 0 atom stereocenters. The third-order valence-corrected chi connectivity index (χ3v) is 1.85. The third kappa shape index (κ3) is 9.49. The molecule has 2 N–H and O–H groups in total. The van der Waals surface area contributed by atoms with Gasteiger partial charge in [0.1, 0.15) is 6.61 Å². The van der Waals surface area contributed by atoms with Gasteiger partial charge in [-0.2, -0.15) is 0 Å². The number of rotatable bonds is 8. The maximum atomic E-state index is 11.1. The van der Waals surface area contributed by atoms with E-state index in [1.54, 1.807) is 0 Å². The second-order valence-corrected chi connectivity index (χ2v) is 3.30. The minimum Gasteiger partial charge on any atom is -0.375 e. The van der Waals surface area contributed by atoms with Crippen molar-refractivity contribution in [1.29, 1.82) is 0 Å². The summed E-state index contributed by atoms with van der Waals surface area (Å²) in [7, 11) is 1.45. The van der Waals surface area contributed by atoms with Crippen LogP contribution in [-0.2, 0) is 14.3 Å². The molecule has 0 radical (unpaired) electrons. The smallest absolute Gasteiger partial charge is 0.246 e. The second kappa shape index (κ2) is 9.73. The molecule has 0 unspecified atom stereocenters. The van der Waals surface area contributed by atoms with Gasteiger partial charge in [0.15, 0.2) is 0 Å². The maximum Gasteiger partial charge on any atom is 0.246 e. The van der Waals surface area contributed by atoms with Crippen LogP contribution in [0, 0.1) is 0 Å². The van der Waals surface area contributed by atoms with Gasteiger partial charge in [-0.1, -0.05) is 0 Å². The van der Waals surface area contributed by atoms with Crippen LogP contribution in [0.5, 0.6) is 0 Å². The molecule has 0 aliphatic rings. The first-order valence-corrected chi connectivity index (χ1v) is 5.32. The number of ether oxygens (including phenoxy) is 1. The van der Waals surface area contributed by atoms with Crippen LogP contribution in [0.25, 0.3) is 0 Å². The molecule has 88 valence electrons. The monoisotopic (exact) mass is 236 g/mol. The summed E-state index contributed by atoms with van der Waals surface area (Å²) in [4.78, 5) is 22.0. The van der Waals surface area contributed by atoms with E-state index in [2.05, 4.69) is 15.4 Å². The number of amides is 2. The highest BCUT2D eigenvalue weighted by molar-refractivity contribution is 6.17. The summed E-state index contributed by atoms with van der Waals surface area (Å²) in [5.74, 6) is 0.252. The quantitative estimate of drug-likeness (QED) is 0.456. The SMILES string of the molecule is COCC(=O)NCCNC(=O)CCCCl. The van der Waals surface area contributed by atoms with Crippen LogP contribution < -0.4 is 10.6 Å². The highest BCUT2D eigenvalue weighted by Crippen LogP contribution is 1.90. The molecule has 0 aliphatic carbocycles. The number of halogens is 1. The van der Waals surface area contributed by atoms with Crippen molar-refractivity contribution < 1.29 is 14.3 Å². The molecule has 0 heterocycles. The summed E-state index contributed by atoms with van der Waals surface area (Å²) in [6.07, 6.45) is 1.10. The number of nitrogens with one attached hydrogen (secondary N) is 2. The zero-order valence-corrected chi connectivity index (χ0v) is 9.60. The number of carbonyl (C=O) groups excluding carboxylic acids is 2. The highest BCUT2D eigenvalue weighted by Gasteiger charge is 2.01. The fourth-order valence-corrected chi connectivity index (χ4v) is 1.04. The van der Waals surface area contributed by atoms with Gasteiger partial charge in [-0.25, -0.2) is 0 Å². The Morgan fingerprint density at radius 2 is 1.80 bits per heavy atom. The van der Waals surface area contributed by atoms with Crippen LogP contribution in [0.2, 0.25) is 0 Å². The van der Waals surface area contributed by atoms with Gasteiger partial charge >= 0.3 is 0 Å². The van der Waals surface area contributed by atoms with E-state index in [4.69, 9.17) is 11.6 Å². The van der Waals surface area contributed by atoms with Gasteiger partial charge in [-0.05, 0) is 6.42 Å². The van der Waals surface area contributed by atoms with Crippen LogP contribution >= 0.6 is 11.6 Å². The van der Waals surface area contributed by atoms with Gasteiger partial charge in [0.25, 0.3) is 0 Å². The van der Waals surface area contributed by atoms with Gasteiger partial charge in [0.05, 0.1) is 0 Å². The normalized spacial score (nSPS) is 9.73. The molecule has 0 bridgehead atoms. The van der Waals surface area contributed by atoms with E-state index < -0.39 is 0 Å². The average molecular weight is 237 g/mol. The first-order valence-electron chi connectivity index (χ1n) is 4.79. The molecule has 0 fully saturated rings. The fraction of sp³-hybridized carbons (Fsp3) is 0.778. The van der Waals surface area contributed by atoms with Gasteiger partial charge in [-0.15, -0.1) is 11.6 Å². The lowest BCUT2D eigenvalue weighted by molar-refractivity contribution is -0.125. The first kappa shape index (κ1) is 14.2. The maximum absolute atomic E-state index is 11.1. The average Bonchev–Trinajstić information content (AvgIpc) is 2.22. The molecule has 0 aromatic heterocycles. The highest BCUT2D eigenvalue weighted by atomic mass is 35.5. The van der Waals surface area contributed by atoms with Crippen molar-refractivity contribution in [2.45, 2.75) is 12.8 Å². The Labute approximate surface area is 94.5 Å². The largest absolute Gasteiger partial charge is 0.375 e. The Morgan fingerprint density at radius 3 is 2.33 bits per heavy atom.